The first kappa shape index (κ1) is 14.9. The minimum absolute atomic E-state index is 0.0359. The molecule has 1 fully saturated rings. The summed E-state index contributed by atoms with van der Waals surface area (Å²) in [6.07, 6.45) is 3.62. The molecule has 3 rings (SSSR count). The fourth-order valence-electron chi connectivity index (χ4n) is 2.25. The van der Waals surface area contributed by atoms with Crippen LogP contribution in [-0.2, 0) is 0 Å². The van der Waals surface area contributed by atoms with Crippen LogP contribution in [0.5, 0.6) is 0 Å². The maximum Gasteiger partial charge on any atom is 0.273 e. The molecule has 22 heavy (non-hydrogen) atoms. The maximum absolute atomic E-state index is 13.9. The zero-order valence-electron chi connectivity index (χ0n) is 11.6. The van der Waals surface area contributed by atoms with E-state index in [4.69, 9.17) is 11.6 Å². The quantitative estimate of drug-likeness (QED) is 0.897. The predicted molar refractivity (Wildman–Crippen MR) is 77.5 cm³/mol. The van der Waals surface area contributed by atoms with Gasteiger partial charge in [0.05, 0.1) is 16.8 Å². The molecule has 0 spiro atoms. The predicted octanol–water partition coefficient (Wildman–Crippen LogP) is 1.70. The molecule has 0 bridgehead atoms. The highest BCUT2D eigenvalue weighted by Gasteiger charge is 2.34. The zero-order valence-corrected chi connectivity index (χ0v) is 12.3. The second-order valence-corrected chi connectivity index (χ2v) is 5.79. The highest BCUT2D eigenvalue weighted by Crippen LogP contribution is 2.30. The molecule has 6 nitrogen and oxygen atoms in total. The number of aromatic nitrogens is 3. The molecule has 2 N–H and O–H groups in total. The van der Waals surface area contributed by atoms with Gasteiger partial charge in [0.25, 0.3) is 5.91 Å². The van der Waals surface area contributed by atoms with Crippen LogP contribution in [0.1, 0.15) is 29.8 Å². The van der Waals surface area contributed by atoms with Crippen molar-refractivity contribution in [2.24, 2.45) is 0 Å². The molecule has 0 atom stereocenters. The van der Waals surface area contributed by atoms with E-state index in [1.54, 1.807) is 6.07 Å². The minimum Gasteiger partial charge on any atom is -0.388 e. The lowest BCUT2D eigenvalue weighted by Gasteiger charge is -2.36. The van der Waals surface area contributed by atoms with Crippen molar-refractivity contribution < 1.29 is 14.3 Å². The second kappa shape index (κ2) is 5.66. The van der Waals surface area contributed by atoms with Gasteiger partial charge in [-0.1, -0.05) is 22.9 Å². The molecule has 1 amide bonds. The summed E-state index contributed by atoms with van der Waals surface area (Å²) in [6, 6.07) is 4.48. The van der Waals surface area contributed by atoms with Crippen LogP contribution < -0.4 is 5.32 Å². The van der Waals surface area contributed by atoms with Gasteiger partial charge in [0.1, 0.15) is 5.69 Å². The standard InChI is InChI=1S/C14H14ClFN4O2/c15-9-3-1-4-11(12(9)16)20-7-10(18-19-20)13(21)17-8-14(22)5-2-6-14/h1,3-4,7,22H,2,5-6,8H2,(H,17,21). The van der Waals surface area contributed by atoms with Crippen molar-refractivity contribution in [3.8, 4) is 5.69 Å². The Morgan fingerprint density at radius 3 is 2.95 bits per heavy atom. The largest absolute Gasteiger partial charge is 0.388 e. The Kier molecular flexibility index (Phi) is 3.84. The number of hydrogen-bond donors (Lipinski definition) is 2. The van der Waals surface area contributed by atoms with Crippen LogP contribution in [0.25, 0.3) is 5.69 Å². The van der Waals surface area contributed by atoms with Crippen molar-refractivity contribution in [2.75, 3.05) is 6.54 Å². The smallest absolute Gasteiger partial charge is 0.273 e. The summed E-state index contributed by atoms with van der Waals surface area (Å²) in [7, 11) is 0. The number of halogens is 2. The maximum atomic E-state index is 13.9. The van der Waals surface area contributed by atoms with Crippen LogP contribution >= 0.6 is 11.6 Å². The van der Waals surface area contributed by atoms with Crippen molar-refractivity contribution in [2.45, 2.75) is 24.9 Å². The van der Waals surface area contributed by atoms with E-state index in [0.29, 0.717) is 12.8 Å². The molecule has 116 valence electrons. The van der Waals surface area contributed by atoms with E-state index < -0.39 is 17.3 Å². The Bertz CT molecular complexity index is 715. The van der Waals surface area contributed by atoms with E-state index in [-0.39, 0.29) is 22.9 Å². The molecule has 0 aliphatic heterocycles. The first-order chi connectivity index (χ1) is 10.5. The monoisotopic (exact) mass is 324 g/mol. The van der Waals surface area contributed by atoms with Gasteiger partial charge in [0, 0.05) is 6.54 Å². The van der Waals surface area contributed by atoms with Gasteiger partial charge < -0.3 is 10.4 Å². The van der Waals surface area contributed by atoms with Gasteiger partial charge in [0.2, 0.25) is 0 Å². The Morgan fingerprint density at radius 2 is 2.27 bits per heavy atom. The Morgan fingerprint density at radius 1 is 1.50 bits per heavy atom. The lowest BCUT2D eigenvalue weighted by Crippen LogP contribution is -2.47. The molecular formula is C14H14ClFN4O2. The van der Waals surface area contributed by atoms with E-state index in [1.807, 2.05) is 0 Å². The van der Waals surface area contributed by atoms with Crippen molar-refractivity contribution in [3.05, 3.63) is 40.9 Å². The fraction of sp³-hybridized carbons (Fsp3) is 0.357. The number of aliphatic hydroxyl groups is 1. The molecule has 1 aliphatic carbocycles. The number of carbonyl (C=O) groups excluding carboxylic acids is 1. The van der Waals surface area contributed by atoms with Gasteiger partial charge in [-0.3, -0.25) is 4.79 Å². The summed E-state index contributed by atoms with van der Waals surface area (Å²) in [5, 5.41) is 20.0. The molecule has 0 unspecified atom stereocenters. The number of nitrogens with one attached hydrogen (secondary N) is 1. The summed E-state index contributed by atoms with van der Waals surface area (Å²) in [4.78, 5) is 12.0. The van der Waals surface area contributed by atoms with Crippen LogP contribution in [0.4, 0.5) is 4.39 Å². The van der Waals surface area contributed by atoms with Crippen molar-refractivity contribution in [1.82, 2.24) is 20.3 Å². The summed E-state index contributed by atoms with van der Waals surface area (Å²) < 4.78 is 15.0. The Labute approximate surface area is 130 Å². The van der Waals surface area contributed by atoms with Gasteiger partial charge in [0.15, 0.2) is 11.5 Å². The third-order valence-electron chi connectivity index (χ3n) is 3.77. The molecule has 0 radical (unpaired) electrons. The van der Waals surface area contributed by atoms with Gasteiger partial charge >= 0.3 is 0 Å². The topological polar surface area (TPSA) is 80.0 Å². The molecule has 0 saturated heterocycles. The van der Waals surface area contributed by atoms with E-state index in [0.717, 1.165) is 11.1 Å². The number of nitrogens with zero attached hydrogens (tertiary/aromatic N) is 3. The molecule has 1 heterocycles. The number of hydrogen-bond acceptors (Lipinski definition) is 4. The van der Waals surface area contributed by atoms with Gasteiger partial charge in [-0.05, 0) is 31.4 Å². The zero-order chi connectivity index (χ0) is 15.7. The Balaban J connectivity index is 1.73. The molecule has 1 aliphatic rings. The third-order valence-corrected chi connectivity index (χ3v) is 4.06. The van der Waals surface area contributed by atoms with Crippen LogP contribution in [0, 0.1) is 5.82 Å². The molecule has 1 aromatic carbocycles. The second-order valence-electron chi connectivity index (χ2n) is 5.38. The SMILES string of the molecule is O=C(NCC1(O)CCC1)c1cn(-c2cccc(Cl)c2F)nn1. The first-order valence-electron chi connectivity index (χ1n) is 6.86. The summed E-state index contributed by atoms with van der Waals surface area (Å²) in [6.45, 7) is 0.171. The Hall–Kier alpha value is -1.99. The molecule has 2 aromatic rings. The van der Waals surface area contributed by atoms with E-state index in [2.05, 4.69) is 15.6 Å². The van der Waals surface area contributed by atoms with Crippen LogP contribution in [-0.4, -0.2) is 38.2 Å². The highest BCUT2D eigenvalue weighted by atomic mass is 35.5. The van der Waals surface area contributed by atoms with Crippen LogP contribution in [0.15, 0.2) is 24.4 Å². The van der Waals surface area contributed by atoms with Gasteiger partial charge in [-0.25, -0.2) is 9.07 Å². The summed E-state index contributed by atoms with van der Waals surface area (Å²) >= 11 is 5.71. The van der Waals surface area contributed by atoms with Crippen molar-refractivity contribution >= 4 is 17.5 Å². The van der Waals surface area contributed by atoms with Crippen LogP contribution in [0.2, 0.25) is 5.02 Å². The lowest BCUT2D eigenvalue weighted by molar-refractivity contribution is -0.0300. The van der Waals surface area contributed by atoms with E-state index >= 15 is 0 Å². The lowest BCUT2D eigenvalue weighted by atomic mass is 9.80. The fourth-order valence-corrected chi connectivity index (χ4v) is 2.42. The number of rotatable bonds is 4. The van der Waals surface area contributed by atoms with Gasteiger partial charge in [-0.2, -0.15) is 0 Å². The normalized spacial score (nSPS) is 16.1. The minimum atomic E-state index is -0.815. The summed E-state index contributed by atoms with van der Waals surface area (Å²) in [5.41, 5.74) is -0.663. The first-order valence-corrected chi connectivity index (χ1v) is 7.24. The summed E-state index contributed by atoms with van der Waals surface area (Å²) in [5.74, 6) is -1.10. The molecular weight excluding hydrogens is 311 g/mol. The van der Waals surface area contributed by atoms with E-state index in [9.17, 15) is 14.3 Å². The number of carbonyl (C=O) groups is 1. The van der Waals surface area contributed by atoms with Crippen molar-refractivity contribution in [3.63, 3.8) is 0 Å². The number of amides is 1. The highest BCUT2D eigenvalue weighted by molar-refractivity contribution is 6.30. The van der Waals surface area contributed by atoms with Crippen LogP contribution in [0.3, 0.4) is 0 Å². The molecule has 1 aromatic heterocycles. The van der Waals surface area contributed by atoms with Gasteiger partial charge in [-0.15, -0.1) is 5.10 Å². The van der Waals surface area contributed by atoms with Crippen molar-refractivity contribution in [1.29, 1.82) is 0 Å². The molecule has 8 heteroatoms. The van der Waals surface area contributed by atoms with E-state index in [1.165, 1.54) is 18.3 Å². The molecule has 1 saturated carbocycles. The third kappa shape index (κ3) is 2.82. The average Bonchev–Trinajstić information content (AvgIpc) is 2.95. The number of benzene rings is 1. The average molecular weight is 325 g/mol.